The molecule has 3 heterocycles. The Morgan fingerprint density at radius 3 is 1.94 bits per heavy atom. The molecule has 0 aliphatic carbocycles. The van der Waals surface area contributed by atoms with Crippen LogP contribution in [0.15, 0.2) is 91.1 Å². The van der Waals surface area contributed by atoms with Gasteiger partial charge in [0.15, 0.2) is 0 Å². The van der Waals surface area contributed by atoms with Crippen LogP contribution >= 0.6 is 0 Å². The van der Waals surface area contributed by atoms with Gasteiger partial charge in [0.2, 0.25) is 0 Å². The van der Waals surface area contributed by atoms with Crippen LogP contribution in [0.2, 0.25) is 0 Å². The molecule has 0 fully saturated rings. The third kappa shape index (κ3) is 5.69. The van der Waals surface area contributed by atoms with Gasteiger partial charge in [-0.3, -0.25) is 4.57 Å². The van der Waals surface area contributed by atoms with Gasteiger partial charge in [-0.25, -0.2) is 9.67 Å². The second-order valence-electron chi connectivity index (χ2n) is 15.9. The fourth-order valence-corrected chi connectivity index (χ4v) is 7.82. The topological polar surface area (TPSA) is 44.9 Å². The maximum Gasteiger partial charge on any atom is 0.137 e. The quantitative estimate of drug-likeness (QED) is 0.185. The lowest BCUT2D eigenvalue weighted by Gasteiger charge is -2.31. The van der Waals surface area contributed by atoms with Gasteiger partial charge >= 0.3 is 0 Å². The number of aryl methyl sites for hydroxylation is 2. The molecule has 4 aromatic carbocycles. The van der Waals surface area contributed by atoms with Crippen LogP contribution in [0, 0.1) is 34.6 Å². The predicted molar refractivity (Wildman–Crippen MR) is 209 cm³/mol. The Kier molecular flexibility index (Phi) is 8.01. The van der Waals surface area contributed by atoms with E-state index in [1.54, 1.807) is 0 Å². The highest BCUT2D eigenvalue weighted by Crippen LogP contribution is 2.43. The van der Waals surface area contributed by atoms with Crippen molar-refractivity contribution in [1.29, 1.82) is 0 Å². The summed E-state index contributed by atoms with van der Waals surface area (Å²) in [5.41, 5.74) is 14.4. The molecule has 0 radical (unpaired) electrons. The molecule has 0 aliphatic rings. The highest BCUT2D eigenvalue weighted by molar-refractivity contribution is 6.09. The van der Waals surface area contributed by atoms with E-state index in [4.69, 9.17) is 14.8 Å². The van der Waals surface area contributed by atoms with Crippen molar-refractivity contribution in [3.05, 3.63) is 130 Å². The second-order valence-corrected chi connectivity index (χ2v) is 15.9. The van der Waals surface area contributed by atoms with Crippen molar-refractivity contribution in [1.82, 2.24) is 19.3 Å². The number of aromatic nitrogens is 4. The summed E-state index contributed by atoms with van der Waals surface area (Å²) in [6.45, 7) is 24.9. The molecule has 0 bridgehead atoms. The summed E-state index contributed by atoms with van der Waals surface area (Å²) >= 11 is 0. The van der Waals surface area contributed by atoms with E-state index < -0.39 is 0 Å². The molecule has 5 heteroatoms. The van der Waals surface area contributed by atoms with Gasteiger partial charge in [0, 0.05) is 40.4 Å². The molecule has 0 N–H and O–H groups in total. The molecular formula is C45H48N4O. The van der Waals surface area contributed by atoms with Gasteiger partial charge in [-0.15, -0.1) is 0 Å². The van der Waals surface area contributed by atoms with Gasteiger partial charge in [-0.05, 0) is 121 Å². The zero-order chi connectivity index (χ0) is 35.7. The van der Waals surface area contributed by atoms with Crippen molar-refractivity contribution >= 4 is 21.8 Å². The average Bonchev–Trinajstić information content (AvgIpc) is 3.53. The first-order valence-corrected chi connectivity index (χ1v) is 17.6. The Balaban J connectivity index is 1.30. The van der Waals surface area contributed by atoms with Crippen molar-refractivity contribution in [3.63, 3.8) is 0 Å². The molecule has 5 nitrogen and oxygen atoms in total. The number of pyridine rings is 1. The molecule has 0 saturated carbocycles. The number of hydrogen-bond acceptors (Lipinski definition) is 3. The third-order valence-corrected chi connectivity index (χ3v) is 10.1. The summed E-state index contributed by atoms with van der Waals surface area (Å²) in [7, 11) is 0. The largest absolute Gasteiger partial charge is 0.457 e. The molecule has 50 heavy (non-hydrogen) atoms. The zero-order valence-electron chi connectivity index (χ0n) is 31.4. The van der Waals surface area contributed by atoms with Gasteiger partial charge < -0.3 is 4.74 Å². The minimum Gasteiger partial charge on any atom is -0.457 e. The standard InChI is InChI=1S/C45H48N4O/c1-27-21-22-46-41(23-27)48-39-18-13-12-17-35(39)36-20-19-34(25-40(36)48)50-33-16-14-15-32(24-33)49-31(5)43(30(4)47-49)42-28(2)37(44(6,7)8)26-38(29(42)3)45(9,10)11/h12-26H,1-11H3. The highest BCUT2D eigenvalue weighted by atomic mass is 16.5. The molecule has 0 aliphatic heterocycles. The van der Waals surface area contributed by atoms with E-state index in [2.05, 4.69) is 152 Å². The molecule has 3 aromatic heterocycles. The first kappa shape index (κ1) is 33.3. The van der Waals surface area contributed by atoms with Gasteiger partial charge in [0.25, 0.3) is 0 Å². The summed E-state index contributed by atoms with van der Waals surface area (Å²) < 4.78 is 10.9. The van der Waals surface area contributed by atoms with E-state index in [1.807, 2.05) is 24.4 Å². The molecule has 0 amide bonds. The maximum atomic E-state index is 6.59. The Hall–Kier alpha value is -5.16. The van der Waals surface area contributed by atoms with Crippen LogP contribution in [0.4, 0.5) is 0 Å². The third-order valence-electron chi connectivity index (χ3n) is 10.1. The minimum absolute atomic E-state index is 0.0178. The maximum absolute atomic E-state index is 6.59. The van der Waals surface area contributed by atoms with E-state index in [0.29, 0.717) is 0 Å². The Morgan fingerprint density at radius 2 is 1.26 bits per heavy atom. The van der Waals surface area contributed by atoms with Gasteiger partial charge in [-0.2, -0.15) is 5.10 Å². The summed E-state index contributed by atoms with van der Waals surface area (Å²) in [6.07, 6.45) is 1.87. The van der Waals surface area contributed by atoms with E-state index in [1.165, 1.54) is 44.3 Å². The van der Waals surface area contributed by atoms with Gasteiger partial charge in [0.1, 0.15) is 17.3 Å². The normalized spacial score (nSPS) is 12.3. The summed E-state index contributed by atoms with van der Waals surface area (Å²) in [5, 5.41) is 7.49. The Bertz CT molecular complexity index is 2390. The van der Waals surface area contributed by atoms with Crippen LogP contribution < -0.4 is 4.74 Å². The molecule has 0 unspecified atom stereocenters. The second kappa shape index (κ2) is 12.0. The number of fused-ring (bicyclic) bond motifs is 3. The SMILES string of the molecule is Cc1ccnc(-n2c3ccccc3c3ccc(Oc4cccc(-n5nc(C)c(-c6c(C)c(C(C)(C)C)cc(C(C)(C)C)c6C)c5C)c4)cc32)c1. The van der Waals surface area contributed by atoms with Gasteiger partial charge in [-0.1, -0.05) is 71.9 Å². The minimum atomic E-state index is 0.0178. The first-order chi connectivity index (χ1) is 23.6. The summed E-state index contributed by atoms with van der Waals surface area (Å²) in [4.78, 5) is 4.74. The number of hydrogen-bond donors (Lipinski definition) is 0. The summed E-state index contributed by atoms with van der Waals surface area (Å²) in [6, 6.07) is 29.6. The van der Waals surface area contributed by atoms with Crippen LogP contribution in [0.5, 0.6) is 11.5 Å². The number of nitrogens with zero attached hydrogens (tertiary/aromatic N) is 4. The van der Waals surface area contributed by atoms with Crippen LogP contribution in [0.3, 0.4) is 0 Å². The van der Waals surface area contributed by atoms with Crippen LogP contribution in [0.1, 0.15) is 80.7 Å². The fourth-order valence-electron chi connectivity index (χ4n) is 7.82. The van der Waals surface area contributed by atoms with Crippen LogP contribution in [-0.2, 0) is 10.8 Å². The predicted octanol–water partition coefficient (Wildman–Crippen LogP) is 12.0. The zero-order valence-corrected chi connectivity index (χ0v) is 31.4. The van der Waals surface area contributed by atoms with Crippen molar-refractivity contribution < 1.29 is 4.74 Å². The smallest absolute Gasteiger partial charge is 0.137 e. The molecular weight excluding hydrogens is 613 g/mol. The number of ether oxygens (including phenoxy) is 1. The number of rotatable bonds is 5. The fraction of sp³-hybridized carbons (Fsp3) is 0.289. The van der Waals surface area contributed by atoms with Crippen LogP contribution in [0.25, 0.3) is 44.4 Å². The van der Waals surface area contributed by atoms with Crippen molar-refractivity contribution in [2.24, 2.45) is 0 Å². The molecule has 0 saturated heterocycles. The van der Waals surface area contributed by atoms with Gasteiger partial charge in [0.05, 0.1) is 22.4 Å². The molecule has 0 spiro atoms. The van der Waals surface area contributed by atoms with E-state index in [9.17, 15) is 0 Å². The Labute approximate surface area is 296 Å². The molecule has 7 rings (SSSR count). The lowest BCUT2D eigenvalue weighted by molar-refractivity contribution is 0.482. The van der Waals surface area contributed by atoms with E-state index >= 15 is 0 Å². The van der Waals surface area contributed by atoms with Crippen molar-refractivity contribution in [2.75, 3.05) is 0 Å². The average molecular weight is 661 g/mol. The van der Waals surface area contributed by atoms with Crippen molar-refractivity contribution in [2.45, 2.75) is 87.0 Å². The van der Waals surface area contributed by atoms with Crippen LogP contribution in [-0.4, -0.2) is 19.3 Å². The molecule has 254 valence electrons. The highest BCUT2D eigenvalue weighted by Gasteiger charge is 2.29. The lowest BCUT2D eigenvalue weighted by atomic mass is 9.73. The first-order valence-electron chi connectivity index (χ1n) is 17.6. The monoisotopic (exact) mass is 660 g/mol. The molecule has 7 aromatic rings. The number of para-hydroxylation sites is 1. The lowest BCUT2D eigenvalue weighted by Crippen LogP contribution is -2.20. The Morgan fingerprint density at radius 1 is 0.600 bits per heavy atom. The van der Waals surface area contributed by atoms with Crippen molar-refractivity contribution in [3.8, 4) is 34.1 Å². The van der Waals surface area contributed by atoms with E-state index in [0.717, 1.165) is 50.8 Å². The van der Waals surface area contributed by atoms with E-state index in [-0.39, 0.29) is 10.8 Å². The number of benzene rings is 4. The summed E-state index contributed by atoms with van der Waals surface area (Å²) in [5.74, 6) is 2.41. The molecule has 0 atom stereocenters.